The van der Waals surface area contributed by atoms with E-state index in [1.54, 1.807) is 4.90 Å². The zero-order valence-electron chi connectivity index (χ0n) is 25.6. The van der Waals surface area contributed by atoms with Gasteiger partial charge < -0.3 is 21.1 Å². The number of amides is 2. The molecule has 13 heteroatoms. The lowest BCUT2D eigenvalue weighted by Crippen LogP contribution is -2.52. The first kappa shape index (κ1) is 33.0. The van der Waals surface area contributed by atoms with E-state index in [0.29, 0.717) is 37.2 Å². The lowest BCUT2D eigenvalue weighted by Gasteiger charge is -2.35. The van der Waals surface area contributed by atoms with E-state index >= 15 is 0 Å². The fraction of sp³-hybridized carbons (Fsp3) is 0.394. The van der Waals surface area contributed by atoms with Gasteiger partial charge in [0.1, 0.15) is 11.9 Å². The summed E-state index contributed by atoms with van der Waals surface area (Å²) in [6.45, 7) is 3.57. The van der Waals surface area contributed by atoms with Crippen LogP contribution in [0.1, 0.15) is 31.2 Å². The van der Waals surface area contributed by atoms with Crippen LogP contribution >= 0.6 is 12.4 Å². The highest BCUT2D eigenvalue weighted by atomic mass is 35.5. The number of hydrogen-bond donors (Lipinski definition) is 3. The number of halogens is 1. The van der Waals surface area contributed by atoms with E-state index in [9.17, 15) is 9.59 Å². The molecule has 2 aliphatic rings. The number of morpholine rings is 1. The Kier molecular flexibility index (Phi) is 10.9. The van der Waals surface area contributed by atoms with E-state index in [0.717, 1.165) is 66.8 Å². The van der Waals surface area contributed by atoms with E-state index < -0.39 is 11.9 Å². The molecule has 2 aromatic carbocycles. The molecule has 2 aromatic heterocycles. The Balaban J connectivity index is 0.00000417. The summed E-state index contributed by atoms with van der Waals surface area (Å²) in [5, 5.41) is 14.2. The van der Waals surface area contributed by atoms with Gasteiger partial charge in [-0.1, -0.05) is 24.3 Å². The number of hydrogen-bond acceptors (Lipinski definition) is 9. The summed E-state index contributed by atoms with van der Waals surface area (Å²) < 4.78 is 5.50. The molecule has 12 nitrogen and oxygen atoms in total. The minimum Gasteiger partial charge on any atom is -0.378 e. The highest BCUT2D eigenvalue weighted by Gasteiger charge is 2.36. The minimum atomic E-state index is -0.891. The summed E-state index contributed by atoms with van der Waals surface area (Å²) in [4.78, 5) is 35.8. The molecule has 0 bridgehead atoms. The van der Waals surface area contributed by atoms with Gasteiger partial charge in [-0.15, -0.1) is 22.6 Å². The molecule has 2 amide bonds. The van der Waals surface area contributed by atoms with Gasteiger partial charge in [-0.05, 0) is 96.4 Å². The van der Waals surface area contributed by atoms with Gasteiger partial charge in [0.15, 0.2) is 0 Å². The summed E-state index contributed by atoms with van der Waals surface area (Å²) in [7, 11) is 0. The number of rotatable bonds is 10. The van der Waals surface area contributed by atoms with Crippen molar-refractivity contribution in [3.8, 4) is 22.5 Å². The molecule has 1 saturated heterocycles. The predicted octanol–water partition coefficient (Wildman–Crippen LogP) is 3.38. The lowest BCUT2D eigenvalue weighted by molar-refractivity contribution is -0.127. The summed E-state index contributed by atoms with van der Waals surface area (Å²) in [5.74, 6) is 0.890. The zero-order chi connectivity index (χ0) is 31.2. The van der Waals surface area contributed by atoms with Crippen molar-refractivity contribution in [1.82, 2.24) is 25.6 Å². The Bertz CT molecular complexity index is 1590. The molecule has 0 spiro atoms. The second-order valence-electron chi connectivity index (χ2n) is 11.8. The Labute approximate surface area is 274 Å². The Morgan fingerprint density at radius 3 is 2.39 bits per heavy atom. The summed E-state index contributed by atoms with van der Waals surface area (Å²) >= 11 is 0. The zero-order valence-corrected chi connectivity index (χ0v) is 26.4. The molecule has 46 heavy (non-hydrogen) atoms. The van der Waals surface area contributed by atoms with Crippen molar-refractivity contribution in [2.24, 2.45) is 23.3 Å². The van der Waals surface area contributed by atoms with Crippen molar-refractivity contribution in [2.75, 3.05) is 42.6 Å². The average molecular weight is 646 g/mol. The largest absolute Gasteiger partial charge is 0.378 e. The number of benzene rings is 2. The number of pyridine rings is 1. The van der Waals surface area contributed by atoms with Crippen molar-refractivity contribution >= 4 is 35.7 Å². The number of anilines is 2. The Morgan fingerprint density at radius 2 is 1.72 bits per heavy atom. The summed E-state index contributed by atoms with van der Waals surface area (Å²) in [6, 6.07) is 18.5. The quantitative estimate of drug-likeness (QED) is 0.234. The van der Waals surface area contributed by atoms with E-state index in [1.807, 2.05) is 54.7 Å². The number of nitrogens with one attached hydrogen (secondary N) is 1. The van der Waals surface area contributed by atoms with Gasteiger partial charge >= 0.3 is 0 Å². The summed E-state index contributed by atoms with van der Waals surface area (Å²) in [5.41, 5.74) is 16.2. The van der Waals surface area contributed by atoms with Gasteiger partial charge in [-0.25, -0.2) is 4.98 Å². The molecule has 0 unspecified atom stereocenters. The number of aromatic amines is 1. The molecule has 4 aromatic rings. The SMILES string of the molecule is Cl.NCC1CCC(C(=O)N(c2ccc(-c3nn[nH]n3)cc2)[C@@H](Cc2cccc(-c3ccnc(N4CCOCC4)c3)c2)C(N)=O)CC1. The van der Waals surface area contributed by atoms with E-state index in [1.165, 1.54) is 0 Å². The minimum absolute atomic E-state index is 0. The number of primary amides is 1. The Hall–Kier alpha value is -4.39. The third kappa shape index (κ3) is 7.52. The fourth-order valence-electron chi connectivity index (χ4n) is 6.34. The molecule has 6 rings (SSSR count). The first-order valence-electron chi connectivity index (χ1n) is 15.5. The molecular weight excluding hydrogens is 606 g/mol. The van der Waals surface area contributed by atoms with Crippen LogP contribution in [0.3, 0.4) is 0 Å². The number of nitrogens with zero attached hydrogens (tertiary/aromatic N) is 6. The van der Waals surface area contributed by atoms with Crippen molar-refractivity contribution in [2.45, 2.75) is 38.1 Å². The van der Waals surface area contributed by atoms with Gasteiger partial charge in [-0.3, -0.25) is 14.5 Å². The van der Waals surface area contributed by atoms with E-state index in [4.69, 9.17) is 16.2 Å². The third-order valence-corrected chi connectivity index (χ3v) is 8.93. The van der Waals surface area contributed by atoms with Crippen LogP contribution < -0.4 is 21.3 Å². The highest BCUT2D eigenvalue weighted by Crippen LogP contribution is 2.33. The average Bonchev–Trinajstić information content (AvgIpc) is 3.64. The number of aromatic nitrogens is 5. The van der Waals surface area contributed by atoms with Crippen LogP contribution in [0.4, 0.5) is 11.5 Å². The highest BCUT2D eigenvalue weighted by molar-refractivity contribution is 6.01. The number of H-pyrrole nitrogens is 1. The fourth-order valence-corrected chi connectivity index (χ4v) is 6.34. The maximum Gasteiger partial charge on any atom is 0.240 e. The monoisotopic (exact) mass is 645 g/mol. The van der Waals surface area contributed by atoms with Gasteiger partial charge in [0.05, 0.1) is 13.2 Å². The molecule has 1 saturated carbocycles. The second kappa shape index (κ2) is 15.3. The summed E-state index contributed by atoms with van der Waals surface area (Å²) in [6.07, 6.45) is 5.32. The smallest absolute Gasteiger partial charge is 0.240 e. The standard InChI is InChI=1S/C33H39N9O3.ClH/c34-21-22-4-6-25(7-5-22)33(44)42(28-10-8-24(9-11-28)32-37-39-40-38-32)29(31(35)43)19-23-2-1-3-26(18-23)27-12-13-36-30(20-27)41-14-16-45-17-15-41;/h1-3,8-13,18,20,22,25,29H,4-7,14-17,19,21,34H2,(H2,35,43)(H,37,38,39,40);1H/t22?,25?,29-;/m0./s1. The van der Waals surface area contributed by atoms with Crippen LogP contribution in [0.2, 0.25) is 0 Å². The lowest BCUT2D eigenvalue weighted by atomic mass is 9.81. The van der Waals surface area contributed by atoms with Crippen molar-refractivity contribution in [1.29, 1.82) is 0 Å². The van der Waals surface area contributed by atoms with Crippen LogP contribution in [-0.2, 0) is 20.7 Å². The molecule has 1 aliphatic heterocycles. The van der Waals surface area contributed by atoms with Crippen molar-refractivity contribution < 1.29 is 14.3 Å². The van der Waals surface area contributed by atoms with Crippen LogP contribution in [0, 0.1) is 11.8 Å². The second-order valence-corrected chi connectivity index (χ2v) is 11.8. The molecule has 1 aliphatic carbocycles. The maximum atomic E-state index is 14.2. The first-order valence-corrected chi connectivity index (χ1v) is 15.5. The van der Waals surface area contributed by atoms with Gasteiger partial charge in [-0.2, -0.15) is 5.21 Å². The number of nitrogens with two attached hydrogens (primary N) is 2. The topological polar surface area (TPSA) is 169 Å². The van der Waals surface area contributed by atoms with E-state index in [-0.39, 0.29) is 30.7 Å². The normalized spacial score (nSPS) is 18.8. The van der Waals surface area contributed by atoms with E-state index in [2.05, 4.69) is 42.6 Å². The molecule has 1 atom stereocenters. The van der Waals surface area contributed by atoms with Crippen molar-refractivity contribution in [3.63, 3.8) is 0 Å². The Morgan fingerprint density at radius 1 is 0.978 bits per heavy atom. The first-order chi connectivity index (χ1) is 22.0. The van der Waals surface area contributed by atoms with Gasteiger partial charge in [0.2, 0.25) is 17.6 Å². The van der Waals surface area contributed by atoms with Gasteiger partial charge in [0.25, 0.3) is 0 Å². The molecule has 5 N–H and O–H groups in total. The number of tetrazole rings is 1. The van der Waals surface area contributed by atoms with Crippen LogP contribution in [0.15, 0.2) is 66.9 Å². The van der Waals surface area contributed by atoms with Crippen molar-refractivity contribution in [3.05, 3.63) is 72.4 Å². The molecular formula is C33H40ClN9O3. The van der Waals surface area contributed by atoms with Gasteiger partial charge in [0, 0.05) is 42.9 Å². The predicted molar refractivity (Wildman–Crippen MR) is 178 cm³/mol. The third-order valence-electron chi connectivity index (χ3n) is 8.93. The maximum absolute atomic E-state index is 14.2. The molecule has 0 radical (unpaired) electrons. The van der Waals surface area contributed by atoms with Crippen LogP contribution in [-0.4, -0.2) is 76.3 Å². The molecule has 3 heterocycles. The van der Waals surface area contributed by atoms with Crippen LogP contribution in [0.25, 0.3) is 22.5 Å². The molecule has 242 valence electrons. The van der Waals surface area contributed by atoms with Crippen LogP contribution in [0.5, 0.6) is 0 Å². The number of ether oxygens (including phenoxy) is 1. The number of carbonyl (C=O) groups is 2. The molecule has 2 fully saturated rings. The number of carbonyl (C=O) groups excluding carboxylic acids is 2.